The maximum Gasteiger partial charge on any atom is 0.258 e. The Labute approximate surface area is 142 Å². The molecule has 1 N–H and O–H groups in total. The molecule has 2 aromatic heterocycles. The molecule has 0 atom stereocenters. The average Bonchev–Trinajstić information content (AvgIpc) is 2.88. The van der Waals surface area contributed by atoms with Gasteiger partial charge in [0.2, 0.25) is 0 Å². The van der Waals surface area contributed by atoms with Gasteiger partial charge in [-0.2, -0.15) is 5.10 Å². The van der Waals surface area contributed by atoms with E-state index in [2.05, 4.69) is 31.3 Å². The van der Waals surface area contributed by atoms with E-state index in [-0.39, 0.29) is 5.91 Å². The fourth-order valence-corrected chi connectivity index (χ4v) is 2.56. The van der Waals surface area contributed by atoms with Crippen LogP contribution in [0.25, 0.3) is 5.69 Å². The average molecular weight is 371 g/mol. The summed E-state index contributed by atoms with van der Waals surface area (Å²) in [5.74, 6) is 0.392. The Bertz CT molecular complexity index is 855. The third kappa shape index (κ3) is 3.48. The highest BCUT2D eigenvalue weighted by Gasteiger charge is 2.13. The van der Waals surface area contributed by atoms with Crippen LogP contribution in [-0.4, -0.2) is 20.7 Å². The van der Waals surface area contributed by atoms with Crippen molar-refractivity contribution in [2.24, 2.45) is 0 Å². The molecule has 0 unspecified atom stereocenters. The minimum absolute atomic E-state index is 0.230. The maximum atomic E-state index is 12.4. The quantitative estimate of drug-likeness (QED) is 0.760. The number of anilines is 1. The van der Waals surface area contributed by atoms with Crippen LogP contribution in [0.4, 0.5) is 5.82 Å². The molecule has 0 aliphatic rings. The van der Waals surface area contributed by atoms with Gasteiger partial charge in [0.05, 0.1) is 16.9 Å². The molecule has 0 bridgehead atoms. The van der Waals surface area contributed by atoms with Gasteiger partial charge in [-0.25, -0.2) is 4.68 Å². The van der Waals surface area contributed by atoms with Crippen LogP contribution in [0, 0.1) is 13.8 Å². The lowest BCUT2D eigenvalue weighted by molar-refractivity contribution is 0.102. The molecule has 0 radical (unpaired) electrons. The van der Waals surface area contributed by atoms with Crippen LogP contribution in [0.5, 0.6) is 0 Å². The number of carbonyl (C=O) groups excluding carboxylic acids is 1. The fourth-order valence-electron chi connectivity index (χ4n) is 2.20. The molecule has 1 amide bonds. The van der Waals surface area contributed by atoms with Crippen molar-refractivity contribution >= 4 is 27.7 Å². The number of rotatable bonds is 3. The molecule has 3 rings (SSSR count). The lowest BCUT2D eigenvalue weighted by Crippen LogP contribution is -2.15. The predicted octanol–water partition coefficient (Wildman–Crippen LogP) is 3.90. The molecule has 1 aromatic carbocycles. The highest BCUT2D eigenvalue weighted by Crippen LogP contribution is 2.19. The second-order valence-corrected chi connectivity index (χ2v) is 6.18. The van der Waals surface area contributed by atoms with Crippen LogP contribution in [-0.2, 0) is 0 Å². The highest BCUT2D eigenvalue weighted by molar-refractivity contribution is 9.10. The zero-order valence-electron chi connectivity index (χ0n) is 12.7. The molecule has 2 heterocycles. The molecule has 0 spiro atoms. The number of amides is 1. The third-order valence-electron chi connectivity index (χ3n) is 3.32. The van der Waals surface area contributed by atoms with Crippen LogP contribution in [0.2, 0.25) is 0 Å². The van der Waals surface area contributed by atoms with Crippen LogP contribution < -0.4 is 5.32 Å². The molecule has 116 valence electrons. The molecule has 0 saturated heterocycles. The first-order chi connectivity index (χ1) is 11.0. The number of benzene rings is 1. The van der Waals surface area contributed by atoms with Crippen LogP contribution in [0.15, 0.2) is 53.3 Å². The summed E-state index contributed by atoms with van der Waals surface area (Å²) in [6.07, 6.45) is 3.16. The minimum atomic E-state index is -0.230. The first-order valence-corrected chi connectivity index (χ1v) is 7.88. The first kappa shape index (κ1) is 15.4. The van der Waals surface area contributed by atoms with Crippen LogP contribution in [0.1, 0.15) is 21.6 Å². The van der Waals surface area contributed by atoms with Crippen molar-refractivity contribution < 1.29 is 4.79 Å². The van der Waals surface area contributed by atoms with Crippen molar-refractivity contribution in [1.82, 2.24) is 14.8 Å². The van der Waals surface area contributed by atoms with E-state index >= 15 is 0 Å². The summed E-state index contributed by atoms with van der Waals surface area (Å²) in [5.41, 5.74) is 3.37. The minimum Gasteiger partial charge on any atom is -0.306 e. The summed E-state index contributed by atoms with van der Waals surface area (Å²) < 4.78 is 2.48. The van der Waals surface area contributed by atoms with E-state index in [1.54, 1.807) is 16.9 Å². The van der Waals surface area contributed by atoms with Gasteiger partial charge in [0.25, 0.3) is 5.91 Å². The smallest absolute Gasteiger partial charge is 0.258 e. The lowest BCUT2D eigenvalue weighted by atomic mass is 10.2. The predicted molar refractivity (Wildman–Crippen MR) is 92.9 cm³/mol. The van der Waals surface area contributed by atoms with E-state index in [1.165, 1.54) is 11.8 Å². The number of hydrogen-bond acceptors (Lipinski definition) is 3. The van der Waals surface area contributed by atoms with Crippen molar-refractivity contribution in [3.05, 3.63) is 70.1 Å². The molecule has 0 aliphatic carbocycles. The molecule has 3 aromatic rings. The maximum absolute atomic E-state index is 12.4. The molecule has 23 heavy (non-hydrogen) atoms. The molecule has 0 aliphatic heterocycles. The SMILES string of the molecule is Cc1ccc(-n2nc(C)cc2NC(=O)c2cncc(Br)c2)cc1. The summed E-state index contributed by atoms with van der Waals surface area (Å²) in [6, 6.07) is 11.5. The number of hydrogen-bond donors (Lipinski definition) is 1. The van der Waals surface area contributed by atoms with Gasteiger partial charge in [0.1, 0.15) is 5.82 Å². The monoisotopic (exact) mass is 370 g/mol. The Hall–Kier alpha value is -2.47. The molecule has 6 heteroatoms. The lowest BCUT2D eigenvalue weighted by Gasteiger charge is -2.09. The van der Waals surface area contributed by atoms with Gasteiger partial charge in [0, 0.05) is 22.9 Å². The van der Waals surface area contributed by atoms with Crippen molar-refractivity contribution in [1.29, 1.82) is 0 Å². The molecular weight excluding hydrogens is 356 g/mol. The van der Waals surface area contributed by atoms with E-state index in [0.29, 0.717) is 11.4 Å². The summed E-state index contributed by atoms with van der Waals surface area (Å²) in [6.45, 7) is 3.92. The standard InChI is InChI=1S/C17H15BrN4O/c1-11-3-5-15(6-4-11)22-16(7-12(2)21-22)20-17(23)13-8-14(18)10-19-9-13/h3-10H,1-2H3,(H,20,23). The van der Waals surface area contributed by atoms with Gasteiger partial charge in [0.15, 0.2) is 0 Å². The number of halogens is 1. The zero-order valence-corrected chi connectivity index (χ0v) is 14.3. The Morgan fingerprint density at radius 1 is 1.13 bits per heavy atom. The Morgan fingerprint density at radius 3 is 2.57 bits per heavy atom. The Kier molecular flexibility index (Phi) is 4.25. The topological polar surface area (TPSA) is 59.8 Å². The van der Waals surface area contributed by atoms with Gasteiger partial charge in [-0.3, -0.25) is 9.78 Å². The van der Waals surface area contributed by atoms with E-state index < -0.39 is 0 Å². The number of aromatic nitrogens is 3. The Balaban J connectivity index is 1.91. The van der Waals surface area contributed by atoms with E-state index in [9.17, 15) is 4.79 Å². The molecule has 5 nitrogen and oxygen atoms in total. The largest absolute Gasteiger partial charge is 0.306 e. The molecule has 0 fully saturated rings. The molecular formula is C17H15BrN4O. The summed E-state index contributed by atoms with van der Waals surface area (Å²) in [7, 11) is 0. The van der Waals surface area contributed by atoms with Gasteiger partial charge >= 0.3 is 0 Å². The summed E-state index contributed by atoms with van der Waals surface area (Å²) in [4.78, 5) is 16.4. The number of aryl methyl sites for hydroxylation is 2. The number of nitrogens with one attached hydrogen (secondary N) is 1. The normalized spacial score (nSPS) is 10.6. The number of nitrogens with zero attached hydrogens (tertiary/aromatic N) is 3. The number of carbonyl (C=O) groups is 1. The van der Waals surface area contributed by atoms with E-state index in [0.717, 1.165) is 15.9 Å². The van der Waals surface area contributed by atoms with Crippen LogP contribution >= 0.6 is 15.9 Å². The second-order valence-electron chi connectivity index (χ2n) is 5.26. The van der Waals surface area contributed by atoms with E-state index in [1.807, 2.05) is 44.2 Å². The second kappa shape index (κ2) is 6.34. The van der Waals surface area contributed by atoms with Gasteiger partial charge in [-0.1, -0.05) is 17.7 Å². The van der Waals surface area contributed by atoms with Crippen molar-refractivity contribution in [2.45, 2.75) is 13.8 Å². The van der Waals surface area contributed by atoms with Crippen molar-refractivity contribution in [3.8, 4) is 5.69 Å². The summed E-state index contributed by atoms with van der Waals surface area (Å²) in [5, 5.41) is 7.34. The van der Waals surface area contributed by atoms with Gasteiger partial charge in [-0.15, -0.1) is 0 Å². The fraction of sp³-hybridized carbons (Fsp3) is 0.118. The number of pyridine rings is 1. The van der Waals surface area contributed by atoms with E-state index in [4.69, 9.17) is 0 Å². The zero-order chi connectivity index (χ0) is 16.4. The first-order valence-electron chi connectivity index (χ1n) is 7.08. The van der Waals surface area contributed by atoms with Crippen molar-refractivity contribution in [3.63, 3.8) is 0 Å². The van der Waals surface area contributed by atoms with Gasteiger partial charge in [-0.05, 0) is 48.0 Å². The third-order valence-corrected chi connectivity index (χ3v) is 3.75. The molecule has 0 saturated carbocycles. The summed E-state index contributed by atoms with van der Waals surface area (Å²) >= 11 is 3.32. The highest BCUT2D eigenvalue weighted by atomic mass is 79.9. The van der Waals surface area contributed by atoms with Gasteiger partial charge < -0.3 is 5.32 Å². The van der Waals surface area contributed by atoms with Crippen molar-refractivity contribution in [2.75, 3.05) is 5.32 Å². The Morgan fingerprint density at radius 2 is 1.87 bits per heavy atom. The van der Waals surface area contributed by atoms with Crippen LogP contribution in [0.3, 0.4) is 0 Å².